The number of hydrogen-bond donors (Lipinski definition) is 2. The Labute approximate surface area is 99.5 Å². The van der Waals surface area contributed by atoms with Gasteiger partial charge in [-0.2, -0.15) is 0 Å². The maximum Gasteiger partial charge on any atom is 0.0481 e. The first-order valence-electron chi connectivity index (χ1n) is 4.82. The van der Waals surface area contributed by atoms with Crippen LogP contribution >= 0.6 is 23.2 Å². The van der Waals surface area contributed by atoms with Crippen molar-refractivity contribution in [2.24, 2.45) is 5.92 Å². The third-order valence-corrected chi connectivity index (χ3v) is 2.72. The van der Waals surface area contributed by atoms with Gasteiger partial charge in [-0.15, -0.1) is 0 Å². The van der Waals surface area contributed by atoms with Gasteiger partial charge in [0.05, 0.1) is 0 Å². The van der Waals surface area contributed by atoms with Crippen molar-refractivity contribution in [1.82, 2.24) is 0 Å². The van der Waals surface area contributed by atoms with E-state index in [2.05, 4.69) is 0 Å². The highest BCUT2D eigenvalue weighted by atomic mass is 35.5. The number of rotatable bonds is 5. The molecule has 15 heavy (non-hydrogen) atoms. The van der Waals surface area contributed by atoms with E-state index in [4.69, 9.17) is 33.4 Å². The Morgan fingerprint density at radius 2 is 1.53 bits per heavy atom. The summed E-state index contributed by atoms with van der Waals surface area (Å²) in [5.74, 6) is -0.0669. The lowest BCUT2D eigenvalue weighted by atomic mass is 10.0. The van der Waals surface area contributed by atoms with Crippen LogP contribution in [-0.2, 0) is 6.42 Å². The Balaban J connectivity index is 2.57. The maximum atomic E-state index is 8.90. The van der Waals surface area contributed by atoms with Gasteiger partial charge in [-0.25, -0.2) is 0 Å². The van der Waals surface area contributed by atoms with E-state index in [1.165, 1.54) is 0 Å². The molecule has 1 rings (SSSR count). The number of benzene rings is 1. The number of aliphatic hydroxyl groups excluding tert-OH is 2. The van der Waals surface area contributed by atoms with Crippen LogP contribution in [0.15, 0.2) is 18.2 Å². The standard InChI is InChI=1S/C11H14Cl2O2/c12-10-3-8(4-11(13)5-10)1-2-9(6-14)7-15/h3-5,9,14-15H,1-2,6-7H2. The smallest absolute Gasteiger partial charge is 0.0481 e. The molecule has 0 radical (unpaired) electrons. The molecule has 0 aliphatic carbocycles. The van der Waals surface area contributed by atoms with Crippen LogP contribution < -0.4 is 0 Å². The van der Waals surface area contributed by atoms with Crippen LogP contribution in [0.5, 0.6) is 0 Å². The minimum absolute atomic E-state index is 0.00476. The first kappa shape index (κ1) is 12.8. The minimum atomic E-state index is -0.0669. The molecule has 2 nitrogen and oxygen atoms in total. The summed E-state index contributed by atoms with van der Waals surface area (Å²) in [6.07, 6.45) is 1.48. The highest BCUT2D eigenvalue weighted by molar-refractivity contribution is 6.34. The van der Waals surface area contributed by atoms with Gasteiger partial charge in [0, 0.05) is 29.2 Å². The van der Waals surface area contributed by atoms with Crippen LogP contribution in [0.3, 0.4) is 0 Å². The largest absolute Gasteiger partial charge is 0.396 e. The lowest BCUT2D eigenvalue weighted by Gasteiger charge is -2.10. The fourth-order valence-electron chi connectivity index (χ4n) is 1.37. The van der Waals surface area contributed by atoms with E-state index in [0.29, 0.717) is 10.0 Å². The van der Waals surface area contributed by atoms with E-state index in [9.17, 15) is 0 Å². The molecule has 0 bridgehead atoms. The molecule has 0 spiro atoms. The molecule has 0 aliphatic heterocycles. The second-order valence-corrected chi connectivity index (χ2v) is 4.42. The van der Waals surface area contributed by atoms with Gasteiger partial charge >= 0.3 is 0 Å². The molecule has 1 aromatic carbocycles. The summed E-state index contributed by atoms with van der Waals surface area (Å²) in [5.41, 5.74) is 1.03. The number of aliphatic hydroxyl groups is 2. The lowest BCUT2D eigenvalue weighted by molar-refractivity contribution is 0.144. The summed E-state index contributed by atoms with van der Waals surface area (Å²) in [6.45, 7) is 0.00952. The van der Waals surface area contributed by atoms with E-state index >= 15 is 0 Å². The number of halogens is 2. The van der Waals surface area contributed by atoms with Crippen molar-refractivity contribution < 1.29 is 10.2 Å². The molecule has 2 N–H and O–H groups in total. The Kier molecular flexibility index (Phi) is 5.40. The molecule has 4 heteroatoms. The first-order valence-corrected chi connectivity index (χ1v) is 5.58. The van der Waals surface area contributed by atoms with Crippen LogP contribution in [0.2, 0.25) is 10.0 Å². The van der Waals surface area contributed by atoms with Gasteiger partial charge < -0.3 is 10.2 Å². The molecular weight excluding hydrogens is 235 g/mol. The van der Waals surface area contributed by atoms with Crippen molar-refractivity contribution in [3.05, 3.63) is 33.8 Å². The molecule has 0 fully saturated rings. The highest BCUT2D eigenvalue weighted by Gasteiger charge is 2.06. The van der Waals surface area contributed by atoms with Gasteiger partial charge in [0.15, 0.2) is 0 Å². The summed E-state index contributed by atoms with van der Waals surface area (Å²) in [7, 11) is 0. The van der Waals surface area contributed by atoms with Crippen LogP contribution in [0.25, 0.3) is 0 Å². The molecule has 0 aliphatic rings. The monoisotopic (exact) mass is 248 g/mol. The SMILES string of the molecule is OCC(CO)CCc1cc(Cl)cc(Cl)c1. The van der Waals surface area contributed by atoms with Gasteiger partial charge in [-0.1, -0.05) is 23.2 Å². The third kappa shape index (κ3) is 4.39. The Morgan fingerprint density at radius 1 is 1.00 bits per heavy atom. The second-order valence-electron chi connectivity index (χ2n) is 3.55. The minimum Gasteiger partial charge on any atom is -0.396 e. The summed E-state index contributed by atoms with van der Waals surface area (Å²) < 4.78 is 0. The van der Waals surface area contributed by atoms with Crippen molar-refractivity contribution in [1.29, 1.82) is 0 Å². The van der Waals surface area contributed by atoms with Gasteiger partial charge in [0.2, 0.25) is 0 Å². The van der Waals surface area contributed by atoms with Crippen molar-refractivity contribution >= 4 is 23.2 Å². The predicted molar refractivity (Wildman–Crippen MR) is 62.4 cm³/mol. The van der Waals surface area contributed by atoms with Gasteiger partial charge in [-0.3, -0.25) is 0 Å². The zero-order valence-electron chi connectivity index (χ0n) is 8.29. The molecule has 1 aromatic rings. The molecule has 0 saturated heterocycles. The van der Waals surface area contributed by atoms with E-state index in [0.717, 1.165) is 18.4 Å². The van der Waals surface area contributed by atoms with E-state index < -0.39 is 0 Å². The normalized spacial score (nSPS) is 11.0. The van der Waals surface area contributed by atoms with E-state index in [1.807, 2.05) is 12.1 Å². The van der Waals surface area contributed by atoms with Gasteiger partial charge in [0.25, 0.3) is 0 Å². The van der Waals surface area contributed by atoms with Crippen molar-refractivity contribution in [3.63, 3.8) is 0 Å². The first-order chi connectivity index (χ1) is 7.15. The second kappa shape index (κ2) is 6.33. The Hall–Kier alpha value is -0.280. The van der Waals surface area contributed by atoms with Crippen LogP contribution in [-0.4, -0.2) is 23.4 Å². The van der Waals surface area contributed by atoms with Crippen molar-refractivity contribution in [2.45, 2.75) is 12.8 Å². The molecule has 0 saturated carbocycles. The number of aryl methyl sites for hydroxylation is 1. The molecule has 0 amide bonds. The van der Waals surface area contributed by atoms with Gasteiger partial charge in [-0.05, 0) is 36.6 Å². The number of hydrogen-bond acceptors (Lipinski definition) is 2. The third-order valence-electron chi connectivity index (χ3n) is 2.28. The van der Waals surface area contributed by atoms with Crippen LogP contribution in [0.1, 0.15) is 12.0 Å². The molecule has 0 aromatic heterocycles. The predicted octanol–water partition coefficient (Wildman–Crippen LogP) is 2.53. The molecular formula is C11H14Cl2O2. The summed E-state index contributed by atoms with van der Waals surface area (Å²) >= 11 is 11.7. The molecule has 0 heterocycles. The molecule has 84 valence electrons. The average molecular weight is 249 g/mol. The Bertz CT molecular complexity index is 291. The molecule has 0 atom stereocenters. The quantitative estimate of drug-likeness (QED) is 0.841. The topological polar surface area (TPSA) is 40.5 Å². The van der Waals surface area contributed by atoms with Crippen molar-refractivity contribution in [3.8, 4) is 0 Å². The fraction of sp³-hybridized carbons (Fsp3) is 0.455. The highest BCUT2D eigenvalue weighted by Crippen LogP contribution is 2.20. The summed E-state index contributed by atoms with van der Waals surface area (Å²) in [4.78, 5) is 0. The van der Waals surface area contributed by atoms with E-state index in [-0.39, 0.29) is 19.1 Å². The van der Waals surface area contributed by atoms with Crippen molar-refractivity contribution in [2.75, 3.05) is 13.2 Å². The van der Waals surface area contributed by atoms with Gasteiger partial charge in [0.1, 0.15) is 0 Å². The maximum absolute atomic E-state index is 8.90. The zero-order valence-corrected chi connectivity index (χ0v) is 9.80. The fourth-order valence-corrected chi connectivity index (χ4v) is 1.94. The zero-order chi connectivity index (χ0) is 11.3. The lowest BCUT2D eigenvalue weighted by Crippen LogP contribution is -2.11. The Morgan fingerprint density at radius 3 is 2.00 bits per heavy atom. The summed E-state index contributed by atoms with van der Waals surface area (Å²) in [5, 5.41) is 19.0. The summed E-state index contributed by atoms with van der Waals surface area (Å²) in [6, 6.07) is 5.38. The van der Waals surface area contributed by atoms with E-state index in [1.54, 1.807) is 6.07 Å². The molecule has 0 unspecified atom stereocenters. The average Bonchev–Trinajstić information content (AvgIpc) is 2.18. The van der Waals surface area contributed by atoms with Crippen LogP contribution in [0, 0.1) is 5.92 Å². The van der Waals surface area contributed by atoms with Crippen LogP contribution in [0.4, 0.5) is 0 Å².